The van der Waals surface area contributed by atoms with Crippen LogP contribution in [0.1, 0.15) is 36.6 Å². The largest absolute Gasteiger partial charge is 0.433 e. The molecule has 0 radical (unpaired) electrons. The molecule has 1 fully saturated rings. The second-order valence-corrected chi connectivity index (χ2v) is 10.5. The van der Waals surface area contributed by atoms with Crippen LogP contribution < -0.4 is 20.3 Å². The number of benzene rings is 1. The number of rotatable bonds is 7. The first-order valence-corrected chi connectivity index (χ1v) is 12.9. The number of halogens is 5. The third-order valence-corrected chi connectivity index (χ3v) is 6.35. The van der Waals surface area contributed by atoms with Crippen molar-refractivity contribution in [3.8, 4) is 0 Å². The Morgan fingerprint density at radius 2 is 1.72 bits per heavy atom. The smallest absolute Gasteiger partial charge is 0.356 e. The molecule has 3 rings (SSSR count). The third-order valence-electron chi connectivity index (χ3n) is 5.68. The van der Waals surface area contributed by atoms with Crippen molar-refractivity contribution < 1.29 is 35.2 Å². The lowest BCUT2D eigenvalue weighted by Crippen LogP contribution is -2.35. The van der Waals surface area contributed by atoms with E-state index in [9.17, 15) is 35.2 Å². The molecule has 36 heavy (non-hydrogen) atoms. The van der Waals surface area contributed by atoms with Gasteiger partial charge in [-0.05, 0) is 37.0 Å². The molecule has 198 valence electrons. The second kappa shape index (κ2) is 10.9. The van der Waals surface area contributed by atoms with Crippen LogP contribution in [-0.2, 0) is 29.3 Å². The number of aromatic nitrogens is 1. The van der Waals surface area contributed by atoms with Gasteiger partial charge in [-0.15, -0.1) is 0 Å². The van der Waals surface area contributed by atoms with E-state index < -0.39 is 51.7 Å². The summed E-state index contributed by atoms with van der Waals surface area (Å²) in [6, 6.07) is 2.86. The van der Waals surface area contributed by atoms with Crippen LogP contribution in [0.3, 0.4) is 0 Å². The number of alkyl halides is 3. The Labute approximate surface area is 205 Å². The van der Waals surface area contributed by atoms with E-state index in [2.05, 4.69) is 22.5 Å². The summed E-state index contributed by atoms with van der Waals surface area (Å²) < 4.78 is 92.5. The van der Waals surface area contributed by atoms with Gasteiger partial charge < -0.3 is 15.5 Å². The third kappa shape index (κ3) is 7.50. The summed E-state index contributed by atoms with van der Waals surface area (Å²) >= 11 is 0. The molecule has 3 N–H and O–H groups in total. The summed E-state index contributed by atoms with van der Waals surface area (Å²) in [7, 11) is -3.68. The van der Waals surface area contributed by atoms with Crippen LogP contribution in [0, 0.1) is 17.6 Å². The Hall–Kier alpha value is -3.00. The number of hydrogen-bond acceptors (Lipinski definition) is 5. The van der Waals surface area contributed by atoms with E-state index in [1.54, 1.807) is 4.90 Å². The van der Waals surface area contributed by atoms with Gasteiger partial charge in [0.15, 0.2) is 0 Å². The fraction of sp³-hybridized carbons (Fsp3) is 0.455. The van der Waals surface area contributed by atoms with Crippen molar-refractivity contribution in [2.75, 3.05) is 29.6 Å². The Morgan fingerprint density at radius 3 is 2.28 bits per heavy atom. The average Bonchev–Trinajstić information content (AvgIpc) is 2.76. The van der Waals surface area contributed by atoms with E-state index in [0.717, 1.165) is 37.3 Å². The van der Waals surface area contributed by atoms with Crippen molar-refractivity contribution in [1.29, 1.82) is 0 Å². The Bertz CT molecular complexity index is 1190. The predicted molar refractivity (Wildman–Crippen MR) is 124 cm³/mol. The molecule has 0 aliphatic carbocycles. The molecule has 1 aliphatic heterocycles. The van der Waals surface area contributed by atoms with Gasteiger partial charge in [0, 0.05) is 43.0 Å². The fourth-order valence-electron chi connectivity index (χ4n) is 3.67. The maximum Gasteiger partial charge on any atom is 0.433 e. The van der Waals surface area contributed by atoms with E-state index in [4.69, 9.17) is 0 Å². The molecule has 1 saturated heterocycles. The summed E-state index contributed by atoms with van der Waals surface area (Å²) in [4.78, 5) is 17.9. The lowest BCUT2D eigenvalue weighted by atomic mass is 9.99. The first-order chi connectivity index (χ1) is 16.7. The van der Waals surface area contributed by atoms with Crippen molar-refractivity contribution >= 4 is 27.6 Å². The van der Waals surface area contributed by atoms with Gasteiger partial charge >= 0.3 is 12.2 Å². The maximum absolute atomic E-state index is 14.3. The lowest BCUT2D eigenvalue weighted by molar-refractivity contribution is -0.141. The van der Waals surface area contributed by atoms with E-state index in [1.165, 1.54) is 6.07 Å². The van der Waals surface area contributed by atoms with Crippen molar-refractivity contribution in [3.63, 3.8) is 0 Å². The number of nitrogens with zero attached hydrogens (tertiary/aromatic N) is 2. The van der Waals surface area contributed by atoms with Crippen LogP contribution in [-0.4, -0.2) is 38.8 Å². The monoisotopic (exact) mass is 535 g/mol. The zero-order valence-electron chi connectivity index (χ0n) is 19.5. The van der Waals surface area contributed by atoms with Crippen LogP contribution in [0.5, 0.6) is 0 Å². The van der Waals surface area contributed by atoms with Crippen LogP contribution >= 0.6 is 0 Å². The van der Waals surface area contributed by atoms with Crippen LogP contribution in [0.2, 0.25) is 0 Å². The Kier molecular flexibility index (Phi) is 8.39. The van der Waals surface area contributed by atoms with Crippen molar-refractivity contribution in [2.45, 2.75) is 39.0 Å². The quantitative estimate of drug-likeness (QED) is 0.466. The second-order valence-electron chi connectivity index (χ2n) is 8.67. The number of sulfonamides is 1. The lowest BCUT2D eigenvalue weighted by Gasteiger charge is -2.33. The normalized spacial score (nSPS) is 15.1. The van der Waals surface area contributed by atoms with Crippen LogP contribution in [0.25, 0.3) is 0 Å². The highest BCUT2D eigenvalue weighted by Crippen LogP contribution is 2.32. The van der Waals surface area contributed by atoms with Crippen molar-refractivity contribution in [2.24, 2.45) is 5.92 Å². The summed E-state index contributed by atoms with van der Waals surface area (Å²) in [5.74, 6) is -1.59. The summed E-state index contributed by atoms with van der Waals surface area (Å²) in [5.41, 5.74) is -1.45. The molecule has 0 saturated carbocycles. The highest BCUT2D eigenvalue weighted by atomic mass is 32.2. The number of piperidine rings is 1. The predicted octanol–water partition coefficient (Wildman–Crippen LogP) is 3.99. The van der Waals surface area contributed by atoms with Gasteiger partial charge in [-0.2, -0.15) is 13.2 Å². The summed E-state index contributed by atoms with van der Waals surface area (Å²) in [5, 5.41) is 4.71. The number of hydrogen-bond donors (Lipinski definition) is 3. The van der Waals surface area contributed by atoms with E-state index in [0.29, 0.717) is 24.6 Å². The summed E-state index contributed by atoms with van der Waals surface area (Å²) in [6.07, 6.45) is -2.21. The van der Waals surface area contributed by atoms with E-state index in [1.807, 2.05) is 4.72 Å². The highest BCUT2D eigenvalue weighted by Gasteiger charge is 2.34. The number of nitrogens with one attached hydrogen (secondary N) is 3. The zero-order valence-corrected chi connectivity index (χ0v) is 20.4. The van der Waals surface area contributed by atoms with Gasteiger partial charge in [0.25, 0.3) is 0 Å². The van der Waals surface area contributed by atoms with Gasteiger partial charge in [0.1, 0.15) is 23.1 Å². The molecular weight excluding hydrogens is 509 g/mol. The number of urea groups is 1. The molecule has 1 aromatic heterocycles. The highest BCUT2D eigenvalue weighted by molar-refractivity contribution is 7.88. The molecule has 2 aromatic rings. The molecular formula is C22H26F5N5O3S. The molecule has 2 heterocycles. The molecule has 0 atom stereocenters. The van der Waals surface area contributed by atoms with Gasteiger partial charge in [0.2, 0.25) is 10.0 Å². The van der Waals surface area contributed by atoms with E-state index >= 15 is 0 Å². The van der Waals surface area contributed by atoms with E-state index in [-0.39, 0.29) is 18.1 Å². The maximum atomic E-state index is 14.3. The standard InChI is InChI=1S/C22H26F5N5O3S/c1-13-5-7-32(8-6-13)20-14(3-4-19(31-20)22(25,26)27)11-28-21(33)30-15-9-17(23)16(18(24)10-15)12-29-36(2,34)35/h3-4,9-10,13,29H,5-8,11-12H2,1-2H3,(H2,28,30,33). The van der Waals surface area contributed by atoms with Gasteiger partial charge in [-0.3, -0.25) is 0 Å². The first-order valence-electron chi connectivity index (χ1n) is 11.0. The number of pyridine rings is 1. The molecule has 1 aliphatic rings. The van der Waals surface area contributed by atoms with Gasteiger partial charge in [-0.1, -0.05) is 13.0 Å². The fourth-order valence-corrected chi connectivity index (χ4v) is 4.07. The minimum absolute atomic E-state index is 0.122. The van der Waals surface area contributed by atoms with Gasteiger partial charge in [0.05, 0.1) is 6.26 Å². The molecule has 8 nitrogen and oxygen atoms in total. The van der Waals surface area contributed by atoms with Crippen LogP contribution in [0.15, 0.2) is 24.3 Å². The number of anilines is 2. The minimum atomic E-state index is -4.63. The Balaban J connectivity index is 1.71. The number of amides is 2. The zero-order chi connectivity index (χ0) is 26.7. The molecule has 0 spiro atoms. The summed E-state index contributed by atoms with van der Waals surface area (Å²) in [6.45, 7) is 2.31. The number of carbonyl (C=O) groups excluding carboxylic acids is 1. The molecule has 2 amide bonds. The number of carbonyl (C=O) groups is 1. The first kappa shape index (κ1) is 27.6. The minimum Gasteiger partial charge on any atom is -0.356 e. The Morgan fingerprint density at radius 1 is 1.11 bits per heavy atom. The molecule has 0 bridgehead atoms. The van der Waals surface area contributed by atoms with Gasteiger partial charge in [-0.25, -0.2) is 31.7 Å². The molecule has 1 aromatic carbocycles. The topological polar surface area (TPSA) is 103 Å². The van der Waals surface area contributed by atoms with Crippen molar-refractivity contribution in [3.05, 3.63) is 52.7 Å². The average molecular weight is 536 g/mol. The SMILES string of the molecule is CC1CCN(c2nc(C(F)(F)F)ccc2CNC(=O)Nc2cc(F)c(CNS(C)(=O)=O)c(F)c2)CC1. The van der Waals surface area contributed by atoms with Crippen molar-refractivity contribution in [1.82, 2.24) is 15.0 Å². The molecule has 0 unspecified atom stereocenters. The van der Waals surface area contributed by atoms with Crippen LogP contribution in [0.4, 0.5) is 38.3 Å². The molecule has 14 heteroatoms.